The molecule has 2 fully saturated rings. The van der Waals surface area contributed by atoms with Crippen LogP contribution >= 0.6 is 0 Å². The number of carbonyl (C=O) groups excluding carboxylic acids is 3. The van der Waals surface area contributed by atoms with Gasteiger partial charge in [-0.1, -0.05) is 43.2 Å². The Morgan fingerprint density at radius 3 is 2.16 bits per heavy atom. The van der Waals surface area contributed by atoms with E-state index >= 15 is 0 Å². The van der Waals surface area contributed by atoms with Crippen LogP contribution in [-0.2, 0) is 11.0 Å². The van der Waals surface area contributed by atoms with Crippen LogP contribution < -0.4 is 10.6 Å². The first kappa shape index (κ1) is 30.3. The summed E-state index contributed by atoms with van der Waals surface area (Å²) in [5.74, 6) is -1.37. The zero-order valence-corrected chi connectivity index (χ0v) is 24.3. The summed E-state index contributed by atoms with van der Waals surface area (Å²) in [6, 6.07) is 16.4. The van der Waals surface area contributed by atoms with E-state index < -0.39 is 35.2 Å². The van der Waals surface area contributed by atoms with E-state index in [9.17, 15) is 27.6 Å². The van der Waals surface area contributed by atoms with Crippen LogP contribution in [0, 0.1) is 19.8 Å². The van der Waals surface area contributed by atoms with Crippen molar-refractivity contribution in [3.8, 4) is 0 Å². The molecule has 9 heteroatoms. The largest absolute Gasteiger partial charge is 0.417 e. The number of likely N-dealkylation sites (tertiary alicyclic amines) is 1. The minimum Gasteiger partial charge on any atom is -0.382 e. The predicted octanol–water partition coefficient (Wildman–Crippen LogP) is 7.72. The molecule has 1 aliphatic heterocycles. The Morgan fingerprint density at radius 2 is 1.53 bits per heavy atom. The van der Waals surface area contributed by atoms with Gasteiger partial charge in [-0.2, -0.15) is 13.2 Å². The van der Waals surface area contributed by atoms with Gasteiger partial charge in [0.15, 0.2) is 6.29 Å². The van der Waals surface area contributed by atoms with E-state index in [1.54, 1.807) is 4.90 Å². The van der Waals surface area contributed by atoms with E-state index in [4.69, 9.17) is 0 Å². The molecular formula is C34H36F3N3O3. The fraction of sp³-hybridized carbons (Fsp3) is 0.382. The number of nitrogens with zero attached hydrogens (tertiary/aromatic N) is 1. The molecule has 2 atom stereocenters. The standard InChI is InChI=1S/C34H36F3N3O3/c1-21-7-5-8-22(2)30(21)33(43)40-18-6-11-28(31(40)23-12-15-26(16-13-23)38-25-9-3-4-10-25)32(42)39-27-17-14-24(20-41)29(19-27)34(35,36)37/h5,7-8,12-17,19-20,25,28,31,38H,3-4,6,9-11,18H2,1-2H3,(H,39,42). The molecule has 0 spiro atoms. The number of aldehydes is 1. The number of hydrogen-bond acceptors (Lipinski definition) is 4. The molecule has 1 saturated carbocycles. The maximum Gasteiger partial charge on any atom is 0.417 e. The van der Waals surface area contributed by atoms with Gasteiger partial charge in [0.05, 0.1) is 17.5 Å². The Bertz CT molecular complexity index is 1480. The molecule has 0 radical (unpaired) electrons. The van der Waals surface area contributed by atoms with Gasteiger partial charge in [0, 0.05) is 35.1 Å². The molecule has 2 amide bonds. The SMILES string of the molecule is Cc1cccc(C)c1C(=O)N1CCCC(C(=O)Nc2ccc(C=O)c(C(F)(F)F)c2)C1c1ccc(NC2CCCC2)cc1. The van der Waals surface area contributed by atoms with Gasteiger partial charge in [-0.05, 0) is 86.6 Å². The Balaban J connectivity index is 1.48. The minimum atomic E-state index is -4.76. The quantitative estimate of drug-likeness (QED) is 0.276. The Hall–Kier alpha value is -4.14. The van der Waals surface area contributed by atoms with Crippen LogP contribution in [0.4, 0.5) is 24.5 Å². The topological polar surface area (TPSA) is 78.5 Å². The van der Waals surface area contributed by atoms with Gasteiger partial charge >= 0.3 is 6.18 Å². The smallest absolute Gasteiger partial charge is 0.382 e. The second kappa shape index (κ2) is 12.6. The normalized spacial score (nSPS) is 19.2. The Labute approximate surface area is 249 Å². The summed E-state index contributed by atoms with van der Waals surface area (Å²) in [4.78, 5) is 40.8. The molecule has 5 rings (SSSR count). The van der Waals surface area contributed by atoms with Crippen LogP contribution in [-0.4, -0.2) is 35.6 Å². The van der Waals surface area contributed by atoms with Crippen LogP contribution in [0.5, 0.6) is 0 Å². The number of aryl methyl sites for hydroxylation is 2. The molecule has 3 aromatic carbocycles. The lowest BCUT2D eigenvalue weighted by molar-refractivity contribution is -0.137. The third-order valence-corrected chi connectivity index (χ3v) is 8.66. The number of carbonyl (C=O) groups is 3. The summed E-state index contributed by atoms with van der Waals surface area (Å²) in [7, 11) is 0. The molecule has 1 aliphatic carbocycles. The van der Waals surface area contributed by atoms with Gasteiger partial charge in [0.1, 0.15) is 0 Å². The van der Waals surface area contributed by atoms with Crippen molar-refractivity contribution >= 4 is 29.5 Å². The number of amides is 2. The first-order valence-corrected chi connectivity index (χ1v) is 14.8. The maximum absolute atomic E-state index is 14.1. The van der Waals surface area contributed by atoms with Crippen molar-refractivity contribution in [2.24, 2.45) is 5.92 Å². The van der Waals surface area contributed by atoms with E-state index in [1.165, 1.54) is 18.9 Å². The summed E-state index contributed by atoms with van der Waals surface area (Å²) in [5, 5.41) is 6.21. The number of anilines is 2. The number of piperidine rings is 1. The lowest BCUT2D eigenvalue weighted by Crippen LogP contribution is -2.46. The number of benzene rings is 3. The van der Waals surface area contributed by atoms with Crippen LogP contribution in [0.25, 0.3) is 0 Å². The summed E-state index contributed by atoms with van der Waals surface area (Å²) in [5.41, 5.74) is 2.33. The molecule has 43 heavy (non-hydrogen) atoms. The Morgan fingerprint density at radius 1 is 0.884 bits per heavy atom. The van der Waals surface area contributed by atoms with Crippen LogP contribution in [0.3, 0.4) is 0 Å². The highest BCUT2D eigenvalue weighted by molar-refractivity contribution is 5.99. The summed E-state index contributed by atoms with van der Waals surface area (Å²) < 4.78 is 40.8. The third-order valence-electron chi connectivity index (χ3n) is 8.66. The Kier molecular flexibility index (Phi) is 8.89. The summed E-state index contributed by atoms with van der Waals surface area (Å²) in [6.45, 7) is 4.21. The van der Waals surface area contributed by atoms with Crippen molar-refractivity contribution in [1.29, 1.82) is 0 Å². The fourth-order valence-electron chi connectivity index (χ4n) is 6.51. The van der Waals surface area contributed by atoms with E-state index in [1.807, 2.05) is 56.3 Å². The monoisotopic (exact) mass is 591 g/mol. The second-order valence-corrected chi connectivity index (χ2v) is 11.6. The maximum atomic E-state index is 14.1. The molecular weight excluding hydrogens is 555 g/mol. The van der Waals surface area contributed by atoms with Crippen molar-refractivity contribution in [3.05, 3.63) is 94.0 Å². The van der Waals surface area contributed by atoms with Gasteiger partial charge in [-0.25, -0.2) is 0 Å². The van der Waals surface area contributed by atoms with E-state index in [0.717, 1.165) is 47.4 Å². The highest BCUT2D eigenvalue weighted by atomic mass is 19.4. The molecule has 3 aromatic rings. The van der Waals surface area contributed by atoms with Crippen molar-refractivity contribution in [2.75, 3.05) is 17.2 Å². The molecule has 6 nitrogen and oxygen atoms in total. The summed E-state index contributed by atoms with van der Waals surface area (Å²) >= 11 is 0. The minimum absolute atomic E-state index is 0.0593. The lowest BCUT2D eigenvalue weighted by atomic mass is 9.83. The number of halogens is 3. The third kappa shape index (κ3) is 6.60. The van der Waals surface area contributed by atoms with E-state index in [0.29, 0.717) is 31.0 Å². The molecule has 1 heterocycles. The van der Waals surface area contributed by atoms with Crippen molar-refractivity contribution < 1.29 is 27.6 Å². The van der Waals surface area contributed by atoms with Gasteiger partial charge in [-0.15, -0.1) is 0 Å². The van der Waals surface area contributed by atoms with E-state index in [-0.39, 0.29) is 17.9 Å². The molecule has 1 saturated heterocycles. The molecule has 2 aliphatic rings. The van der Waals surface area contributed by atoms with Gasteiger partial charge in [-0.3, -0.25) is 14.4 Å². The highest BCUT2D eigenvalue weighted by Crippen LogP contribution is 2.40. The predicted molar refractivity (Wildman–Crippen MR) is 160 cm³/mol. The molecule has 2 unspecified atom stereocenters. The summed E-state index contributed by atoms with van der Waals surface area (Å²) in [6.07, 6.45) is 1.04. The number of rotatable bonds is 7. The number of hydrogen-bond donors (Lipinski definition) is 2. The average Bonchev–Trinajstić information content (AvgIpc) is 3.49. The molecule has 2 N–H and O–H groups in total. The number of nitrogens with one attached hydrogen (secondary N) is 2. The molecule has 0 bridgehead atoms. The van der Waals surface area contributed by atoms with Crippen LogP contribution in [0.1, 0.15) is 87.5 Å². The zero-order chi connectivity index (χ0) is 30.7. The first-order chi connectivity index (χ1) is 20.6. The average molecular weight is 592 g/mol. The van der Waals surface area contributed by atoms with Gasteiger partial charge in [0.2, 0.25) is 5.91 Å². The van der Waals surface area contributed by atoms with Crippen molar-refractivity contribution in [2.45, 2.75) is 70.6 Å². The lowest BCUT2D eigenvalue weighted by Gasteiger charge is -2.41. The number of alkyl halides is 3. The second-order valence-electron chi connectivity index (χ2n) is 11.6. The first-order valence-electron chi connectivity index (χ1n) is 14.8. The van der Waals surface area contributed by atoms with Crippen molar-refractivity contribution in [1.82, 2.24) is 4.90 Å². The zero-order valence-electron chi connectivity index (χ0n) is 24.3. The van der Waals surface area contributed by atoms with Crippen LogP contribution in [0.15, 0.2) is 60.7 Å². The van der Waals surface area contributed by atoms with Gasteiger partial charge < -0.3 is 15.5 Å². The molecule has 226 valence electrons. The van der Waals surface area contributed by atoms with E-state index in [2.05, 4.69) is 10.6 Å². The van der Waals surface area contributed by atoms with Crippen molar-refractivity contribution in [3.63, 3.8) is 0 Å². The van der Waals surface area contributed by atoms with Gasteiger partial charge in [0.25, 0.3) is 5.91 Å². The highest BCUT2D eigenvalue weighted by Gasteiger charge is 2.41. The van der Waals surface area contributed by atoms with Crippen LogP contribution in [0.2, 0.25) is 0 Å². The fourth-order valence-corrected chi connectivity index (χ4v) is 6.51. The molecule has 0 aromatic heterocycles.